The normalized spacial score (nSPS) is 13.8. The van der Waals surface area contributed by atoms with E-state index in [-0.39, 0.29) is 13.2 Å². The molecule has 0 aromatic heterocycles. The summed E-state index contributed by atoms with van der Waals surface area (Å²) in [7, 11) is 0. The summed E-state index contributed by atoms with van der Waals surface area (Å²) in [6, 6.07) is 0. The van der Waals surface area contributed by atoms with Crippen molar-refractivity contribution in [2.24, 2.45) is 5.92 Å². The molecule has 2 N–H and O–H groups in total. The summed E-state index contributed by atoms with van der Waals surface area (Å²) in [5.41, 5.74) is 0. The Morgan fingerprint density at radius 1 is 1.17 bits per heavy atom. The van der Waals surface area contributed by atoms with Crippen molar-refractivity contribution in [3.63, 3.8) is 0 Å². The van der Waals surface area contributed by atoms with Crippen molar-refractivity contribution < 1.29 is 14.9 Å². The Kier molecular flexibility index (Phi) is 7.45. The second kappa shape index (κ2) is 7.53. The highest BCUT2D eigenvalue weighted by atomic mass is 16.5. The van der Waals surface area contributed by atoms with E-state index < -0.39 is 6.10 Å². The third-order valence-electron chi connectivity index (χ3n) is 2.03. The van der Waals surface area contributed by atoms with Crippen LogP contribution in [0.5, 0.6) is 0 Å². The van der Waals surface area contributed by atoms with Crippen LogP contribution in [0.1, 0.15) is 26.7 Å². The number of aliphatic hydroxyl groups is 2. The van der Waals surface area contributed by atoms with Gasteiger partial charge < -0.3 is 14.9 Å². The second-order valence-corrected chi connectivity index (χ2v) is 3.06. The molecule has 0 bridgehead atoms. The smallest absolute Gasteiger partial charge is 0.100 e. The first-order chi connectivity index (χ1) is 5.74. The van der Waals surface area contributed by atoms with Gasteiger partial charge in [0.25, 0.3) is 0 Å². The lowest BCUT2D eigenvalue weighted by Crippen LogP contribution is -2.21. The van der Waals surface area contributed by atoms with Crippen molar-refractivity contribution in [3.8, 4) is 0 Å². The van der Waals surface area contributed by atoms with Crippen molar-refractivity contribution in [1.82, 2.24) is 0 Å². The van der Waals surface area contributed by atoms with E-state index in [4.69, 9.17) is 14.9 Å². The fourth-order valence-electron chi connectivity index (χ4n) is 0.948. The molecule has 12 heavy (non-hydrogen) atoms. The van der Waals surface area contributed by atoms with E-state index in [1.54, 1.807) is 0 Å². The van der Waals surface area contributed by atoms with Gasteiger partial charge in [-0.2, -0.15) is 0 Å². The molecule has 0 saturated heterocycles. The molecule has 0 amide bonds. The molecule has 3 heteroatoms. The van der Waals surface area contributed by atoms with Crippen molar-refractivity contribution in [2.45, 2.75) is 32.8 Å². The summed E-state index contributed by atoms with van der Waals surface area (Å²) in [5.74, 6) is 0.580. The van der Waals surface area contributed by atoms with Crippen LogP contribution in [0.4, 0.5) is 0 Å². The third kappa shape index (κ3) is 5.52. The SMILES string of the molecule is CCC(CC)COCC(O)CO. The Balaban J connectivity index is 3.28. The fraction of sp³-hybridized carbons (Fsp3) is 1.00. The summed E-state index contributed by atoms with van der Waals surface area (Å²) in [4.78, 5) is 0. The van der Waals surface area contributed by atoms with Crippen molar-refractivity contribution >= 4 is 0 Å². The minimum atomic E-state index is -0.723. The lowest BCUT2D eigenvalue weighted by atomic mass is 10.1. The lowest BCUT2D eigenvalue weighted by Gasteiger charge is -2.14. The molecule has 0 saturated carbocycles. The zero-order valence-electron chi connectivity index (χ0n) is 7.99. The number of hydrogen-bond acceptors (Lipinski definition) is 3. The molecular weight excluding hydrogens is 156 g/mol. The molecule has 0 fully saturated rings. The van der Waals surface area contributed by atoms with Crippen molar-refractivity contribution in [3.05, 3.63) is 0 Å². The molecule has 0 rings (SSSR count). The molecule has 0 aliphatic carbocycles. The highest BCUT2D eigenvalue weighted by molar-refractivity contribution is 4.54. The standard InChI is InChI=1S/C9H20O3/c1-3-8(4-2)6-12-7-9(11)5-10/h8-11H,3-7H2,1-2H3. The van der Waals surface area contributed by atoms with Crippen molar-refractivity contribution in [2.75, 3.05) is 19.8 Å². The topological polar surface area (TPSA) is 49.7 Å². The first kappa shape index (κ1) is 11.9. The maximum absolute atomic E-state index is 8.94. The Morgan fingerprint density at radius 3 is 2.17 bits per heavy atom. The van der Waals surface area contributed by atoms with E-state index in [0.29, 0.717) is 12.5 Å². The van der Waals surface area contributed by atoms with Gasteiger partial charge in [-0.05, 0) is 5.92 Å². The van der Waals surface area contributed by atoms with E-state index in [2.05, 4.69) is 13.8 Å². The maximum Gasteiger partial charge on any atom is 0.100 e. The molecule has 0 spiro atoms. The predicted octanol–water partition coefficient (Wildman–Crippen LogP) is 0.792. The molecule has 0 aliphatic heterocycles. The minimum Gasteiger partial charge on any atom is -0.394 e. The van der Waals surface area contributed by atoms with Gasteiger partial charge in [0.2, 0.25) is 0 Å². The average molecular weight is 176 g/mol. The van der Waals surface area contributed by atoms with E-state index in [0.717, 1.165) is 12.8 Å². The molecule has 0 aromatic rings. The first-order valence-electron chi connectivity index (χ1n) is 4.61. The molecule has 3 nitrogen and oxygen atoms in total. The van der Waals surface area contributed by atoms with Gasteiger partial charge in [-0.25, -0.2) is 0 Å². The highest BCUT2D eigenvalue weighted by Crippen LogP contribution is 2.07. The molecule has 0 radical (unpaired) electrons. The predicted molar refractivity (Wildman–Crippen MR) is 48.0 cm³/mol. The number of hydrogen-bond donors (Lipinski definition) is 2. The van der Waals surface area contributed by atoms with Crippen LogP contribution >= 0.6 is 0 Å². The van der Waals surface area contributed by atoms with Crippen LogP contribution in [0.3, 0.4) is 0 Å². The van der Waals surface area contributed by atoms with Gasteiger partial charge in [0.15, 0.2) is 0 Å². The van der Waals surface area contributed by atoms with Crippen LogP contribution in [0.15, 0.2) is 0 Å². The van der Waals surface area contributed by atoms with E-state index in [1.165, 1.54) is 0 Å². The quantitative estimate of drug-likeness (QED) is 0.603. The van der Waals surface area contributed by atoms with Crippen LogP contribution in [0.2, 0.25) is 0 Å². The molecule has 1 unspecified atom stereocenters. The highest BCUT2D eigenvalue weighted by Gasteiger charge is 2.05. The Bertz CT molecular complexity index is 91.8. The third-order valence-corrected chi connectivity index (χ3v) is 2.03. The molecule has 0 aromatic carbocycles. The average Bonchev–Trinajstić information content (AvgIpc) is 2.12. The molecule has 1 atom stereocenters. The van der Waals surface area contributed by atoms with Crippen LogP contribution in [0.25, 0.3) is 0 Å². The van der Waals surface area contributed by atoms with Gasteiger partial charge in [0, 0.05) is 6.61 Å². The zero-order valence-corrected chi connectivity index (χ0v) is 7.99. The van der Waals surface area contributed by atoms with Gasteiger partial charge in [0.05, 0.1) is 13.2 Å². The lowest BCUT2D eigenvalue weighted by molar-refractivity contribution is -0.00532. The molecular formula is C9H20O3. The van der Waals surface area contributed by atoms with Gasteiger partial charge in [-0.15, -0.1) is 0 Å². The fourth-order valence-corrected chi connectivity index (χ4v) is 0.948. The second-order valence-electron chi connectivity index (χ2n) is 3.06. The van der Waals surface area contributed by atoms with Gasteiger partial charge >= 0.3 is 0 Å². The van der Waals surface area contributed by atoms with Gasteiger partial charge in [-0.3, -0.25) is 0 Å². The Morgan fingerprint density at radius 2 is 1.75 bits per heavy atom. The monoisotopic (exact) mass is 176 g/mol. The zero-order chi connectivity index (χ0) is 9.40. The summed E-state index contributed by atoms with van der Waals surface area (Å²) in [5, 5.41) is 17.4. The molecule has 74 valence electrons. The summed E-state index contributed by atoms with van der Waals surface area (Å²) in [6.07, 6.45) is 1.48. The van der Waals surface area contributed by atoms with E-state index in [9.17, 15) is 0 Å². The molecule has 0 heterocycles. The van der Waals surface area contributed by atoms with Crippen LogP contribution in [-0.4, -0.2) is 36.1 Å². The number of ether oxygens (including phenoxy) is 1. The minimum absolute atomic E-state index is 0.219. The van der Waals surface area contributed by atoms with Gasteiger partial charge in [0.1, 0.15) is 6.10 Å². The number of rotatable bonds is 7. The summed E-state index contributed by atoms with van der Waals surface area (Å²) < 4.78 is 5.22. The maximum atomic E-state index is 8.94. The summed E-state index contributed by atoms with van der Waals surface area (Å²) >= 11 is 0. The largest absolute Gasteiger partial charge is 0.394 e. The Labute approximate surface area is 74.4 Å². The first-order valence-corrected chi connectivity index (χ1v) is 4.61. The number of aliphatic hydroxyl groups excluding tert-OH is 2. The Hall–Kier alpha value is -0.120. The molecule has 0 aliphatic rings. The summed E-state index contributed by atoms with van der Waals surface area (Å²) in [6.45, 7) is 4.96. The van der Waals surface area contributed by atoms with E-state index in [1.807, 2.05) is 0 Å². The van der Waals surface area contributed by atoms with E-state index >= 15 is 0 Å². The van der Waals surface area contributed by atoms with Crippen molar-refractivity contribution in [1.29, 1.82) is 0 Å². The van der Waals surface area contributed by atoms with Crippen LogP contribution in [-0.2, 0) is 4.74 Å². The van der Waals surface area contributed by atoms with Crippen LogP contribution in [0, 0.1) is 5.92 Å². The van der Waals surface area contributed by atoms with Crippen LogP contribution < -0.4 is 0 Å². The van der Waals surface area contributed by atoms with Gasteiger partial charge in [-0.1, -0.05) is 26.7 Å².